The number of rotatable bonds is 8. The topological polar surface area (TPSA) is 75.4 Å². The maximum Gasteiger partial charge on any atom is 0.321 e. The van der Waals surface area contributed by atoms with Gasteiger partial charge in [-0.3, -0.25) is 4.79 Å². The van der Waals surface area contributed by atoms with Crippen LogP contribution < -0.4 is 11.1 Å². The van der Waals surface area contributed by atoms with Gasteiger partial charge in [-0.2, -0.15) is 0 Å². The summed E-state index contributed by atoms with van der Waals surface area (Å²) in [5, 5.41) is 2.89. The summed E-state index contributed by atoms with van der Waals surface area (Å²) in [5.74, 6) is -0.346. The smallest absolute Gasteiger partial charge is 0.321 e. The summed E-state index contributed by atoms with van der Waals surface area (Å²) in [7, 11) is 0. The molecule has 0 saturated heterocycles. The molecule has 0 spiro atoms. The second kappa shape index (κ2) is 9.35. The molecule has 0 aliphatic carbocycles. The van der Waals surface area contributed by atoms with E-state index in [1.807, 2.05) is 60.7 Å². The van der Waals surface area contributed by atoms with Crippen molar-refractivity contribution >= 4 is 17.6 Å². The Hall–Kier alpha value is -2.82. The van der Waals surface area contributed by atoms with Gasteiger partial charge >= 0.3 is 6.03 Å². The summed E-state index contributed by atoms with van der Waals surface area (Å²) >= 11 is 0. The molecular weight excluding hydrogens is 302 g/mol. The van der Waals surface area contributed by atoms with E-state index in [0.717, 1.165) is 12.1 Å². The summed E-state index contributed by atoms with van der Waals surface area (Å²) in [5.41, 5.74) is 7.11. The Balaban J connectivity index is 1.95. The average Bonchev–Trinajstić information content (AvgIpc) is 2.59. The third-order valence-electron chi connectivity index (χ3n) is 3.68. The number of hydrogen-bond acceptors (Lipinski definition) is 2. The van der Waals surface area contributed by atoms with Crippen LogP contribution in [0.2, 0.25) is 0 Å². The van der Waals surface area contributed by atoms with Gasteiger partial charge in [0.2, 0.25) is 5.91 Å². The number of carbonyl (C=O) groups excluding carboxylic acids is 2. The number of primary amides is 1. The summed E-state index contributed by atoms with van der Waals surface area (Å²) in [6.45, 7) is 1.08. The molecule has 24 heavy (non-hydrogen) atoms. The van der Waals surface area contributed by atoms with Crippen molar-refractivity contribution in [1.82, 2.24) is 4.90 Å². The molecule has 0 radical (unpaired) electrons. The molecule has 0 unspecified atom stereocenters. The Labute approximate surface area is 142 Å². The molecule has 0 aliphatic heterocycles. The fraction of sp³-hybridized carbons (Fsp3) is 0.263. The molecule has 3 N–H and O–H groups in total. The Kier molecular flexibility index (Phi) is 6.83. The highest BCUT2D eigenvalue weighted by Crippen LogP contribution is 2.09. The number of nitrogens with zero attached hydrogens (tertiary/aromatic N) is 1. The lowest BCUT2D eigenvalue weighted by atomic mass is 10.1. The van der Waals surface area contributed by atoms with Crippen molar-refractivity contribution in [3.8, 4) is 0 Å². The van der Waals surface area contributed by atoms with Crippen molar-refractivity contribution < 1.29 is 9.59 Å². The predicted molar refractivity (Wildman–Crippen MR) is 95.6 cm³/mol. The second-order valence-corrected chi connectivity index (χ2v) is 5.59. The monoisotopic (exact) mass is 325 g/mol. The number of para-hydroxylation sites is 1. The SMILES string of the molecule is NC(=O)CCCN(CCc1ccccc1)C(=O)Nc1ccccc1. The van der Waals surface area contributed by atoms with Gasteiger partial charge in [0.25, 0.3) is 0 Å². The highest BCUT2D eigenvalue weighted by Gasteiger charge is 2.13. The van der Waals surface area contributed by atoms with E-state index in [-0.39, 0.29) is 18.4 Å². The fourth-order valence-corrected chi connectivity index (χ4v) is 2.39. The first-order valence-corrected chi connectivity index (χ1v) is 8.08. The summed E-state index contributed by atoms with van der Waals surface area (Å²) in [4.78, 5) is 25.2. The van der Waals surface area contributed by atoms with Crippen molar-refractivity contribution in [3.63, 3.8) is 0 Å². The van der Waals surface area contributed by atoms with Crippen molar-refractivity contribution in [1.29, 1.82) is 0 Å². The van der Waals surface area contributed by atoms with Gasteiger partial charge in [0.05, 0.1) is 0 Å². The third kappa shape index (κ3) is 6.12. The van der Waals surface area contributed by atoms with Crippen molar-refractivity contribution in [3.05, 3.63) is 66.2 Å². The number of urea groups is 1. The second-order valence-electron chi connectivity index (χ2n) is 5.59. The molecule has 0 aliphatic rings. The summed E-state index contributed by atoms with van der Waals surface area (Å²) < 4.78 is 0. The van der Waals surface area contributed by atoms with Crippen molar-refractivity contribution in [2.24, 2.45) is 5.73 Å². The molecular formula is C19H23N3O2. The van der Waals surface area contributed by atoms with Crippen LogP contribution in [0.4, 0.5) is 10.5 Å². The highest BCUT2D eigenvalue weighted by molar-refractivity contribution is 5.89. The van der Waals surface area contributed by atoms with E-state index in [1.165, 1.54) is 5.56 Å². The normalized spacial score (nSPS) is 10.2. The summed E-state index contributed by atoms with van der Waals surface area (Å²) in [6.07, 6.45) is 1.60. The minimum absolute atomic E-state index is 0.165. The fourth-order valence-electron chi connectivity index (χ4n) is 2.39. The van der Waals surface area contributed by atoms with Gasteiger partial charge < -0.3 is 16.0 Å². The summed E-state index contributed by atoms with van der Waals surface area (Å²) in [6, 6.07) is 19.2. The maximum absolute atomic E-state index is 12.5. The minimum Gasteiger partial charge on any atom is -0.370 e. The van der Waals surface area contributed by atoms with Gasteiger partial charge in [0, 0.05) is 25.2 Å². The van der Waals surface area contributed by atoms with E-state index in [9.17, 15) is 9.59 Å². The Morgan fingerprint density at radius 1 is 0.917 bits per heavy atom. The Morgan fingerprint density at radius 2 is 1.54 bits per heavy atom. The van der Waals surface area contributed by atoms with Gasteiger partial charge in [-0.05, 0) is 30.5 Å². The zero-order valence-electron chi connectivity index (χ0n) is 13.7. The van der Waals surface area contributed by atoms with E-state index in [4.69, 9.17) is 5.73 Å². The molecule has 0 aromatic heterocycles. The Morgan fingerprint density at radius 3 is 2.17 bits per heavy atom. The maximum atomic E-state index is 12.5. The van der Waals surface area contributed by atoms with E-state index < -0.39 is 0 Å². The van der Waals surface area contributed by atoms with Gasteiger partial charge in [-0.25, -0.2) is 4.79 Å². The molecule has 0 saturated carbocycles. The number of nitrogens with one attached hydrogen (secondary N) is 1. The first kappa shape index (κ1) is 17.5. The quantitative estimate of drug-likeness (QED) is 0.783. The lowest BCUT2D eigenvalue weighted by Crippen LogP contribution is -2.37. The number of nitrogens with two attached hydrogens (primary N) is 1. The number of anilines is 1. The van der Waals surface area contributed by atoms with Crippen LogP contribution >= 0.6 is 0 Å². The molecule has 2 aromatic rings. The molecule has 5 nitrogen and oxygen atoms in total. The van der Waals surface area contributed by atoms with Crippen LogP contribution in [0.25, 0.3) is 0 Å². The van der Waals surface area contributed by atoms with Crippen LogP contribution in [0.1, 0.15) is 18.4 Å². The molecule has 0 bridgehead atoms. The Bertz CT molecular complexity index is 644. The van der Waals surface area contributed by atoms with Gasteiger partial charge in [-0.15, -0.1) is 0 Å². The van der Waals surface area contributed by atoms with Gasteiger partial charge in [0.15, 0.2) is 0 Å². The van der Waals surface area contributed by atoms with E-state index >= 15 is 0 Å². The molecule has 5 heteroatoms. The minimum atomic E-state index is -0.346. The standard InChI is InChI=1S/C19H23N3O2/c20-18(23)12-7-14-22(15-13-16-8-3-1-4-9-16)19(24)21-17-10-5-2-6-11-17/h1-6,8-11H,7,12-15H2,(H2,20,23)(H,21,24). The number of hydrogen-bond donors (Lipinski definition) is 2. The number of benzene rings is 2. The lowest BCUT2D eigenvalue weighted by Gasteiger charge is -2.23. The highest BCUT2D eigenvalue weighted by atomic mass is 16.2. The molecule has 2 rings (SSSR count). The van der Waals surface area contributed by atoms with E-state index in [2.05, 4.69) is 5.32 Å². The first-order chi connectivity index (χ1) is 11.6. The van der Waals surface area contributed by atoms with Crippen molar-refractivity contribution in [2.45, 2.75) is 19.3 Å². The van der Waals surface area contributed by atoms with Crippen LogP contribution in [0.15, 0.2) is 60.7 Å². The predicted octanol–water partition coefficient (Wildman–Crippen LogP) is 3.03. The third-order valence-corrected chi connectivity index (χ3v) is 3.68. The molecule has 126 valence electrons. The van der Waals surface area contributed by atoms with Crippen LogP contribution in [-0.2, 0) is 11.2 Å². The average molecular weight is 325 g/mol. The van der Waals surface area contributed by atoms with E-state index in [0.29, 0.717) is 19.5 Å². The molecule has 0 atom stereocenters. The largest absolute Gasteiger partial charge is 0.370 e. The van der Waals surface area contributed by atoms with Gasteiger partial charge in [0.1, 0.15) is 0 Å². The molecule has 0 fully saturated rings. The van der Waals surface area contributed by atoms with E-state index in [1.54, 1.807) is 4.90 Å². The molecule has 2 aromatic carbocycles. The van der Waals surface area contributed by atoms with Crippen LogP contribution in [-0.4, -0.2) is 29.9 Å². The molecule has 3 amide bonds. The van der Waals surface area contributed by atoms with Crippen molar-refractivity contribution in [2.75, 3.05) is 18.4 Å². The molecule has 0 heterocycles. The zero-order chi connectivity index (χ0) is 17.2. The van der Waals surface area contributed by atoms with Crippen LogP contribution in [0.5, 0.6) is 0 Å². The lowest BCUT2D eigenvalue weighted by molar-refractivity contribution is -0.118. The number of amides is 3. The first-order valence-electron chi connectivity index (χ1n) is 8.08. The zero-order valence-corrected chi connectivity index (χ0v) is 13.7. The van der Waals surface area contributed by atoms with Crippen LogP contribution in [0, 0.1) is 0 Å². The van der Waals surface area contributed by atoms with Gasteiger partial charge in [-0.1, -0.05) is 48.5 Å². The number of carbonyl (C=O) groups is 2. The van der Waals surface area contributed by atoms with Crippen LogP contribution in [0.3, 0.4) is 0 Å².